The molecule has 0 saturated carbocycles. The molecule has 0 radical (unpaired) electrons. The summed E-state index contributed by atoms with van der Waals surface area (Å²) >= 11 is 0. The molecular weight excluding hydrogens is 414 g/mol. The lowest BCUT2D eigenvalue weighted by Gasteiger charge is -2.23. The van der Waals surface area contributed by atoms with Crippen molar-refractivity contribution in [2.24, 2.45) is 0 Å². The molecule has 0 bridgehead atoms. The number of para-hydroxylation sites is 2. The van der Waals surface area contributed by atoms with Crippen molar-refractivity contribution in [2.45, 2.75) is 33.6 Å². The Labute approximate surface area is 193 Å². The Bertz CT molecular complexity index is 1350. The number of hydrogen-bond acceptors (Lipinski definition) is 4. The first-order valence-electron chi connectivity index (χ1n) is 10.9. The number of hydrogen-bond donors (Lipinski definition) is 1. The molecule has 0 aliphatic heterocycles. The number of imidazole rings is 1. The van der Waals surface area contributed by atoms with Crippen LogP contribution in [0.1, 0.15) is 49.5 Å². The van der Waals surface area contributed by atoms with Gasteiger partial charge in [0.15, 0.2) is 5.78 Å². The van der Waals surface area contributed by atoms with Crippen molar-refractivity contribution in [1.29, 1.82) is 0 Å². The minimum atomic E-state index is -0.136. The first-order chi connectivity index (χ1) is 15.8. The first kappa shape index (κ1) is 22.3. The number of nitrogens with zero attached hydrogens (tertiary/aromatic N) is 2. The van der Waals surface area contributed by atoms with E-state index in [9.17, 15) is 9.59 Å². The zero-order chi connectivity index (χ0) is 23.7. The lowest BCUT2D eigenvalue weighted by Crippen LogP contribution is -2.13. The summed E-state index contributed by atoms with van der Waals surface area (Å²) in [4.78, 5) is 28.7. The van der Waals surface area contributed by atoms with E-state index >= 15 is 0 Å². The highest BCUT2D eigenvalue weighted by Crippen LogP contribution is 2.41. The fourth-order valence-corrected chi connectivity index (χ4v) is 4.17. The van der Waals surface area contributed by atoms with E-state index < -0.39 is 0 Å². The van der Waals surface area contributed by atoms with Gasteiger partial charge in [0.2, 0.25) is 5.91 Å². The predicted octanol–water partition coefficient (Wildman–Crippen LogP) is 5.99. The third-order valence-electron chi connectivity index (χ3n) is 5.62. The Kier molecular flexibility index (Phi) is 6.01. The number of rotatable bonds is 6. The lowest BCUT2D eigenvalue weighted by atomic mass is 9.97. The number of fused-ring (bicyclic) bond motifs is 1. The SMILES string of the molecule is COc1ccc(NC(C)=O)c(C(C)C)c1-n1c(-c2ccc(C(C)=O)cc2)nc2ccccc21. The van der Waals surface area contributed by atoms with Gasteiger partial charge in [0.05, 0.1) is 23.8 Å². The number of Topliss-reactive ketones (excluding diaryl/α,β-unsaturated/α-hetero) is 1. The number of carbonyl (C=O) groups excluding carboxylic acids is 2. The quantitative estimate of drug-likeness (QED) is 0.373. The van der Waals surface area contributed by atoms with Crippen LogP contribution in [0.3, 0.4) is 0 Å². The van der Waals surface area contributed by atoms with Gasteiger partial charge in [-0.2, -0.15) is 0 Å². The van der Waals surface area contributed by atoms with Gasteiger partial charge in [-0.3, -0.25) is 14.2 Å². The van der Waals surface area contributed by atoms with Crippen molar-refractivity contribution in [3.63, 3.8) is 0 Å². The summed E-state index contributed by atoms with van der Waals surface area (Å²) in [6.45, 7) is 7.23. The van der Waals surface area contributed by atoms with E-state index in [1.807, 2.05) is 60.7 Å². The summed E-state index contributed by atoms with van der Waals surface area (Å²) in [6.07, 6.45) is 0. The maximum Gasteiger partial charge on any atom is 0.221 e. The molecule has 0 aliphatic rings. The van der Waals surface area contributed by atoms with E-state index in [4.69, 9.17) is 9.72 Å². The average Bonchev–Trinajstić information content (AvgIpc) is 3.17. The Morgan fingerprint density at radius 3 is 2.27 bits per heavy atom. The van der Waals surface area contributed by atoms with Crippen LogP contribution in [0.4, 0.5) is 5.69 Å². The van der Waals surface area contributed by atoms with Crippen molar-refractivity contribution in [1.82, 2.24) is 9.55 Å². The highest BCUT2D eigenvalue weighted by molar-refractivity contribution is 5.95. The number of anilines is 1. The predicted molar refractivity (Wildman–Crippen MR) is 131 cm³/mol. The highest BCUT2D eigenvalue weighted by atomic mass is 16.5. The summed E-state index contributed by atoms with van der Waals surface area (Å²) in [7, 11) is 1.64. The molecule has 33 heavy (non-hydrogen) atoms. The van der Waals surface area contributed by atoms with Gasteiger partial charge < -0.3 is 10.1 Å². The van der Waals surface area contributed by atoms with E-state index in [1.54, 1.807) is 14.0 Å². The van der Waals surface area contributed by atoms with Crippen LogP contribution in [-0.4, -0.2) is 28.4 Å². The lowest BCUT2D eigenvalue weighted by molar-refractivity contribution is -0.114. The second kappa shape index (κ2) is 8.90. The Morgan fingerprint density at radius 2 is 1.67 bits per heavy atom. The van der Waals surface area contributed by atoms with Crippen LogP contribution in [0.15, 0.2) is 60.7 Å². The molecule has 1 amide bonds. The Hall–Kier alpha value is -3.93. The van der Waals surface area contributed by atoms with Gasteiger partial charge in [-0.1, -0.05) is 50.2 Å². The molecule has 0 unspecified atom stereocenters. The maximum atomic E-state index is 11.9. The van der Waals surface area contributed by atoms with Crippen molar-refractivity contribution >= 4 is 28.4 Å². The van der Waals surface area contributed by atoms with Crippen LogP contribution in [0, 0.1) is 0 Å². The summed E-state index contributed by atoms with van der Waals surface area (Å²) in [5.74, 6) is 1.38. The fourth-order valence-electron chi connectivity index (χ4n) is 4.17. The number of benzene rings is 3. The third kappa shape index (κ3) is 4.12. The Morgan fingerprint density at radius 1 is 0.970 bits per heavy atom. The number of ether oxygens (including phenoxy) is 1. The molecule has 6 heteroatoms. The second-order valence-corrected chi connectivity index (χ2v) is 8.31. The third-order valence-corrected chi connectivity index (χ3v) is 5.62. The molecule has 0 saturated heterocycles. The summed E-state index contributed by atoms with van der Waals surface area (Å²) in [5, 5.41) is 2.97. The van der Waals surface area contributed by atoms with E-state index in [1.165, 1.54) is 6.92 Å². The zero-order valence-electron chi connectivity index (χ0n) is 19.5. The molecule has 0 spiro atoms. The van der Waals surface area contributed by atoms with Gasteiger partial charge in [0.1, 0.15) is 11.6 Å². The standard InChI is InChI=1S/C27H27N3O3/c1-16(2)25-22(28-18(4)32)14-15-24(33-5)26(25)30-23-9-7-6-8-21(23)29-27(30)20-12-10-19(11-13-20)17(3)31/h6-16H,1-5H3,(H,28,32). The molecule has 3 aromatic carbocycles. The van der Waals surface area contributed by atoms with E-state index in [-0.39, 0.29) is 17.6 Å². The molecule has 1 aromatic heterocycles. The fraction of sp³-hybridized carbons (Fsp3) is 0.222. The summed E-state index contributed by atoms with van der Waals surface area (Å²) in [6, 6.07) is 19.1. The van der Waals surface area contributed by atoms with Crippen LogP contribution in [0.5, 0.6) is 5.75 Å². The van der Waals surface area contributed by atoms with Crippen LogP contribution in [-0.2, 0) is 4.79 Å². The smallest absolute Gasteiger partial charge is 0.221 e. The molecule has 0 atom stereocenters. The van der Waals surface area contributed by atoms with Gasteiger partial charge in [0.25, 0.3) is 0 Å². The van der Waals surface area contributed by atoms with E-state index in [0.29, 0.717) is 11.3 Å². The van der Waals surface area contributed by atoms with Gasteiger partial charge in [-0.05, 0) is 37.1 Å². The monoisotopic (exact) mass is 441 g/mol. The molecule has 6 nitrogen and oxygen atoms in total. The first-order valence-corrected chi connectivity index (χ1v) is 10.9. The molecule has 4 aromatic rings. The normalized spacial score (nSPS) is 11.1. The number of ketones is 1. The molecule has 0 aliphatic carbocycles. The number of nitrogens with one attached hydrogen (secondary N) is 1. The summed E-state index contributed by atoms with van der Waals surface area (Å²) < 4.78 is 7.89. The molecule has 1 heterocycles. The van der Waals surface area contributed by atoms with Gasteiger partial charge in [0, 0.05) is 29.3 Å². The average molecular weight is 442 g/mol. The topological polar surface area (TPSA) is 73.2 Å². The number of methoxy groups -OCH3 is 1. The van der Waals surface area contributed by atoms with Crippen molar-refractivity contribution < 1.29 is 14.3 Å². The number of amides is 1. The summed E-state index contributed by atoms with van der Waals surface area (Å²) in [5.41, 5.74) is 5.80. The minimum Gasteiger partial charge on any atom is -0.495 e. The highest BCUT2D eigenvalue weighted by Gasteiger charge is 2.24. The second-order valence-electron chi connectivity index (χ2n) is 8.31. The van der Waals surface area contributed by atoms with Gasteiger partial charge in [-0.15, -0.1) is 0 Å². The maximum absolute atomic E-state index is 11.9. The molecule has 168 valence electrons. The van der Waals surface area contributed by atoms with Gasteiger partial charge in [-0.25, -0.2) is 4.98 Å². The van der Waals surface area contributed by atoms with Crippen molar-refractivity contribution in [3.8, 4) is 22.8 Å². The van der Waals surface area contributed by atoms with Crippen LogP contribution in [0.2, 0.25) is 0 Å². The van der Waals surface area contributed by atoms with Crippen LogP contribution < -0.4 is 10.1 Å². The molecular formula is C27H27N3O3. The van der Waals surface area contributed by atoms with Gasteiger partial charge >= 0.3 is 0 Å². The number of aromatic nitrogens is 2. The van der Waals surface area contributed by atoms with Crippen molar-refractivity contribution in [2.75, 3.05) is 12.4 Å². The minimum absolute atomic E-state index is 0.0156. The molecule has 4 rings (SSSR count). The zero-order valence-corrected chi connectivity index (χ0v) is 19.5. The number of carbonyl (C=O) groups is 2. The Balaban J connectivity index is 2.09. The van der Waals surface area contributed by atoms with E-state index in [0.717, 1.165) is 39.4 Å². The van der Waals surface area contributed by atoms with Crippen LogP contribution >= 0.6 is 0 Å². The van der Waals surface area contributed by atoms with Crippen LogP contribution in [0.25, 0.3) is 28.1 Å². The van der Waals surface area contributed by atoms with E-state index in [2.05, 4.69) is 23.7 Å². The largest absolute Gasteiger partial charge is 0.495 e. The molecule has 0 fully saturated rings. The van der Waals surface area contributed by atoms with Crippen molar-refractivity contribution in [3.05, 3.63) is 71.8 Å². The molecule has 1 N–H and O–H groups in total.